The fraction of sp³-hybridized carbons (Fsp3) is 0.320. The van der Waals surface area contributed by atoms with E-state index in [1.807, 2.05) is 0 Å². The van der Waals surface area contributed by atoms with Crippen molar-refractivity contribution in [2.75, 3.05) is 18.6 Å². The second-order valence-electron chi connectivity index (χ2n) is 8.11. The first-order chi connectivity index (χ1) is 18.2. The van der Waals surface area contributed by atoms with Gasteiger partial charge < -0.3 is 14.8 Å². The van der Waals surface area contributed by atoms with Crippen molar-refractivity contribution in [3.63, 3.8) is 0 Å². The Morgan fingerprint density at radius 2 is 1.84 bits per heavy atom. The number of amides is 1. The fourth-order valence-electron chi connectivity index (χ4n) is 3.98. The molecule has 1 amide bonds. The van der Waals surface area contributed by atoms with Gasteiger partial charge in [0.1, 0.15) is 6.33 Å². The summed E-state index contributed by atoms with van der Waals surface area (Å²) in [7, 11) is 0. The maximum absolute atomic E-state index is 13.3. The standard InChI is InChI=1S/C25H27N5O7S/c1-4-36-24(32)20-15(3)27-23(18(38)9-10-19(31)28-29-12-11-26-14-29)22(25(33)37-5-2)21(20)16-7-6-8-17(13-16)30(34)35/h6-8,11-14,21,27H,4-5,9-10H2,1-3H3,(H,28,31). The summed E-state index contributed by atoms with van der Waals surface area (Å²) in [5.41, 5.74) is 3.37. The second-order valence-corrected chi connectivity index (χ2v) is 8.60. The summed E-state index contributed by atoms with van der Waals surface area (Å²) < 4.78 is 12.0. The number of hydrogen-bond acceptors (Lipinski definition) is 10. The number of esters is 2. The smallest absolute Gasteiger partial charge is 0.337 e. The van der Waals surface area contributed by atoms with Gasteiger partial charge in [-0.3, -0.25) is 20.3 Å². The Morgan fingerprint density at radius 3 is 2.45 bits per heavy atom. The minimum Gasteiger partial charge on any atom is -0.463 e. The van der Waals surface area contributed by atoms with Gasteiger partial charge in [-0.2, -0.15) is 0 Å². The molecule has 1 unspecified atom stereocenters. The van der Waals surface area contributed by atoms with Crippen LogP contribution in [0.1, 0.15) is 45.1 Å². The third-order valence-electron chi connectivity index (χ3n) is 5.58. The number of non-ortho nitro benzene ring substituents is 1. The molecule has 1 aliphatic heterocycles. The number of nitrogens with zero attached hydrogens (tertiary/aromatic N) is 3. The average Bonchev–Trinajstić information content (AvgIpc) is 3.39. The van der Waals surface area contributed by atoms with Gasteiger partial charge in [0, 0.05) is 41.5 Å². The second kappa shape index (κ2) is 12.7. The number of thiocarbonyl (C=S) groups is 1. The van der Waals surface area contributed by atoms with Gasteiger partial charge in [-0.05, 0) is 32.8 Å². The van der Waals surface area contributed by atoms with E-state index in [2.05, 4.69) is 15.7 Å². The molecular weight excluding hydrogens is 514 g/mol. The zero-order valence-corrected chi connectivity index (χ0v) is 21.9. The molecule has 1 atom stereocenters. The van der Waals surface area contributed by atoms with Crippen LogP contribution in [-0.4, -0.2) is 50.5 Å². The highest BCUT2D eigenvalue weighted by atomic mass is 32.1. The minimum atomic E-state index is -1.07. The predicted molar refractivity (Wildman–Crippen MR) is 140 cm³/mol. The van der Waals surface area contributed by atoms with Crippen LogP contribution in [-0.2, 0) is 23.9 Å². The SMILES string of the molecule is CCOC(=O)C1=C(C)NC(C(=S)CCC(=O)Nn2ccnc2)=C(C(=O)OCC)C1c1cccc([N+](=O)[O-])c1. The summed E-state index contributed by atoms with van der Waals surface area (Å²) in [6, 6.07) is 5.65. The van der Waals surface area contributed by atoms with E-state index in [1.165, 1.54) is 35.4 Å². The molecule has 0 spiro atoms. The van der Waals surface area contributed by atoms with Crippen LogP contribution in [0.5, 0.6) is 0 Å². The van der Waals surface area contributed by atoms with Crippen LogP contribution in [0.15, 0.2) is 65.5 Å². The Labute approximate surface area is 223 Å². The number of benzene rings is 1. The summed E-state index contributed by atoms with van der Waals surface area (Å²) >= 11 is 5.63. The number of ether oxygens (including phenoxy) is 2. The quantitative estimate of drug-likeness (QED) is 0.188. The number of rotatable bonds is 11. The molecule has 0 saturated carbocycles. The van der Waals surface area contributed by atoms with E-state index >= 15 is 0 Å². The van der Waals surface area contributed by atoms with Gasteiger partial charge in [-0.15, -0.1) is 0 Å². The van der Waals surface area contributed by atoms with Gasteiger partial charge in [0.15, 0.2) is 0 Å². The number of nitrogens with one attached hydrogen (secondary N) is 2. The molecule has 1 aromatic heterocycles. The molecule has 2 N–H and O–H groups in total. The molecule has 200 valence electrons. The third-order valence-corrected chi connectivity index (χ3v) is 5.99. The molecule has 0 fully saturated rings. The van der Waals surface area contributed by atoms with E-state index < -0.39 is 22.8 Å². The zero-order valence-electron chi connectivity index (χ0n) is 21.1. The summed E-state index contributed by atoms with van der Waals surface area (Å²) in [6.45, 7) is 5.00. The molecule has 0 aliphatic carbocycles. The van der Waals surface area contributed by atoms with Crippen LogP contribution in [0, 0.1) is 10.1 Å². The Bertz CT molecular complexity index is 1320. The number of allylic oxidation sites excluding steroid dienone is 2. The van der Waals surface area contributed by atoms with E-state index in [0.717, 1.165) is 0 Å². The van der Waals surface area contributed by atoms with Gasteiger partial charge in [0.05, 0.1) is 40.9 Å². The molecule has 13 heteroatoms. The number of hydrogen-bond donors (Lipinski definition) is 2. The Kier molecular flexibility index (Phi) is 9.44. The average molecular weight is 542 g/mol. The Hall–Kier alpha value is -4.39. The number of carbonyl (C=O) groups excluding carboxylic acids is 3. The molecule has 12 nitrogen and oxygen atoms in total. The van der Waals surface area contributed by atoms with Crippen LogP contribution in [0.4, 0.5) is 5.69 Å². The molecular formula is C25H27N5O7S. The van der Waals surface area contributed by atoms with Crippen LogP contribution in [0.2, 0.25) is 0 Å². The van der Waals surface area contributed by atoms with Crippen LogP contribution in [0.3, 0.4) is 0 Å². The van der Waals surface area contributed by atoms with Crippen molar-refractivity contribution < 1.29 is 28.8 Å². The minimum absolute atomic E-state index is 0.000943. The van der Waals surface area contributed by atoms with E-state index in [0.29, 0.717) is 11.3 Å². The van der Waals surface area contributed by atoms with E-state index in [-0.39, 0.29) is 59.4 Å². The monoisotopic (exact) mass is 541 g/mol. The van der Waals surface area contributed by atoms with Gasteiger partial charge in [-0.25, -0.2) is 19.2 Å². The predicted octanol–water partition coefficient (Wildman–Crippen LogP) is 3.05. The van der Waals surface area contributed by atoms with Crippen LogP contribution >= 0.6 is 12.2 Å². The Balaban J connectivity index is 2.07. The molecule has 2 heterocycles. The van der Waals surface area contributed by atoms with Gasteiger partial charge in [0.2, 0.25) is 5.91 Å². The lowest BCUT2D eigenvalue weighted by atomic mass is 9.79. The van der Waals surface area contributed by atoms with Crippen molar-refractivity contribution in [1.82, 2.24) is 15.0 Å². The highest BCUT2D eigenvalue weighted by molar-refractivity contribution is 7.80. The van der Waals surface area contributed by atoms with E-state index in [4.69, 9.17) is 21.7 Å². The van der Waals surface area contributed by atoms with Crippen molar-refractivity contribution in [2.45, 2.75) is 39.5 Å². The highest BCUT2D eigenvalue weighted by Gasteiger charge is 2.40. The first-order valence-electron chi connectivity index (χ1n) is 11.8. The number of imidazole rings is 1. The molecule has 1 aromatic carbocycles. The third kappa shape index (κ3) is 6.48. The zero-order chi connectivity index (χ0) is 27.8. The van der Waals surface area contributed by atoms with E-state index in [9.17, 15) is 24.5 Å². The van der Waals surface area contributed by atoms with Crippen molar-refractivity contribution >= 4 is 40.6 Å². The maximum Gasteiger partial charge on any atom is 0.337 e. The lowest BCUT2D eigenvalue weighted by Crippen LogP contribution is -2.36. The van der Waals surface area contributed by atoms with Crippen molar-refractivity contribution in [1.29, 1.82) is 0 Å². The highest BCUT2D eigenvalue weighted by Crippen LogP contribution is 2.41. The molecule has 3 rings (SSSR count). The molecule has 0 saturated heterocycles. The Morgan fingerprint density at radius 1 is 1.16 bits per heavy atom. The molecule has 2 aromatic rings. The summed E-state index contributed by atoms with van der Waals surface area (Å²) in [4.78, 5) is 53.8. The largest absolute Gasteiger partial charge is 0.463 e. The summed E-state index contributed by atoms with van der Waals surface area (Å²) in [5, 5.41) is 14.5. The molecule has 0 radical (unpaired) electrons. The fourth-order valence-corrected chi connectivity index (χ4v) is 4.25. The first-order valence-corrected chi connectivity index (χ1v) is 12.2. The lowest BCUT2D eigenvalue weighted by Gasteiger charge is -2.31. The summed E-state index contributed by atoms with van der Waals surface area (Å²) in [5.74, 6) is -2.86. The maximum atomic E-state index is 13.3. The topological polar surface area (TPSA) is 155 Å². The summed E-state index contributed by atoms with van der Waals surface area (Å²) in [6.07, 6.45) is 4.58. The normalized spacial score (nSPS) is 15.0. The van der Waals surface area contributed by atoms with Gasteiger partial charge in [0.25, 0.3) is 5.69 Å². The number of carbonyl (C=O) groups is 3. The number of dihydropyridines is 1. The van der Waals surface area contributed by atoms with Crippen molar-refractivity contribution in [3.05, 3.63) is 81.2 Å². The first kappa shape index (κ1) is 28.2. The van der Waals surface area contributed by atoms with Crippen LogP contribution in [0.25, 0.3) is 0 Å². The number of nitro benzene ring substituents is 1. The van der Waals surface area contributed by atoms with Crippen molar-refractivity contribution in [2.24, 2.45) is 0 Å². The van der Waals surface area contributed by atoms with Crippen molar-refractivity contribution in [3.8, 4) is 0 Å². The molecule has 0 bridgehead atoms. The molecule has 1 aliphatic rings. The number of aromatic nitrogens is 2. The van der Waals surface area contributed by atoms with E-state index in [1.54, 1.807) is 33.0 Å². The van der Waals surface area contributed by atoms with Gasteiger partial charge >= 0.3 is 11.9 Å². The lowest BCUT2D eigenvalue weighted by molar-refractivity contribution is -0.384. The van der Waals surface area contributed by atoms with Gasteiger partial charge in [-0.1, -0.05) is 24.4 Å². The number of nitro groups is 1. The molecule has 38 heavy (non-hydrogen) atoms. The van der Waals surface area contributed by atoms with Crippen LogP contribution < -0.4 is 10.7 Å².